The maximum atomic E-state index is 10.9. The van der Waals surface area contributed by atoms with E-state index in [1.54, 1.807) is 0 Å². The van der Waals surface area contributed by atoms with Gasteiger partial charge in [0.25, 0.3) is 0 Å². The average Bonchev–Trinajstić information content (AvgIpc) is 1.80. The second-order valence-corrected chi connectivity index (χ2v) is 5.50. The summed E-state index contributed by atoms with van der Waals surface area (Å²) in [4.78, 5) is 0. The van der Waals surface area contributed by atoms with Gasteiger partial charge in [0.2, 0.25) is 0 Å². The lowest BCUT2D eigenvalue weighted by atomic mass is 10.2. The van der Waals surface area contributed by atoms with Crippen LogP contribution in [0, 0.1) is 0 Å². The number of nitrogens with two attached hydrogens (primary N) is 1. The van der Waals surface area contributed by atoms with Crippen LogP contribution in [-0.4, -0.2) is 25.7 Å². The molecule has 4 heteroatoms. The van der Waals surface area contributed by atoms with Crippen LogP contribution in [0.2, 0.25) is 0 Å². The highest BCUT2D eigenvalue weighted by molar-refractivity contribution is 14.1. The zero-order valence-electron chi connectivity index (χ0n) is 5.05. The number of hydrogen-bond acceptors (Lipinski definition) is 2. The van der Waals surface area contributed by atoms with Crippen molar-refractivity contribution in [2.24, 2.45) is 5.73 Å². The van der Waals surface area contributed by atoms with Gasteiger partial charge in [-0.3, -0.25) is 4.21 Å². The number of hydrogen-bond donors (Lipinski definition) is 1. The lowest BCUT2D eigenvalue weighted by molar-refractivity contribution is 0.618. The van der Waals surface area contributed by atoms with Crippen LogP contribution in [0.15, 0.2) is 0 Å². The average molecular weight is 259 g/mol. The highest BCUT2D eigenvalue weighted by atomic mass is 127. The number of rotatable bonds is 0. The lowest BCUT2D eigenvalue weighted by Crippen LogP contribution is -2.40. The Bertz CT molecular complexity index is 130. The molecule has 1 fully saturated rings. The minimum absolute atomic E-state index is 0.281. The molecule has 3 atom stereocenters. The van der Waals surface area contributed by atoms with E-state index in [0.29, 0.717) is 3.92 Å². The predicted molar refractivity (Wildman–Crippen MR) is 48.3 cm³/mol. The summed E-state index contributed by atoms with van der Waals surface area (Å²) in [6.45, 7) is 0. The van der Waals surface area contributed by atoms with Gasteiger partial charge in [-0.25, -0.2) is 0 Å². The zero-order valence-corrected chi connectivity index (χ0v) is 8.02. The molecule has 3 unspecified atom stereocenters. The summed E-state index contributed by atoms with van der Waals surface area (Å²) in [7, 11) is -0.578. The minimum Gasteiger partial charge on any atom is -0.327 e. The van der Waals surface area contributed by atoms with Gasteiger partial charge >= 0.3 is 0 Å². The molecule has 0 spiro atoms. The van der Waals surface area contributed by atoms with Gasteiger partial charge in [-0.15, -0.1) is 0 Å². The highest BCUT2D eigenvalue weighted by Gasteiger charge is 2.22. The Morgan fingerprint density at radius 1 is 1.67 bits per heavy atom. The van der Waals surface area contributed by atoms with Crippen molar-refractivity contribution in [2.75, 3.05) is 11.5 Å². The second-order valence-electron chi connectivity index (χ2n) is 2.28. The van der Waals surface area contributed by atoms with E-state index >= 15 is 0 Å². The molecule has 0 radical (unpaired) electrons. The Kier molecular flexibility index (Phi) is 2.91. The van der Waals surface area contributed by atoms with Crippen molar-refractivity contribution in [1.29, 1.82) is 0 Å². The fourth-order valence-electron chi connectivity index (χ4n) is 0.833. The SMILES string of the molecule is NC1CCS(=O)CC1I. The molecule has 0 aromatic carbocycles. The monoisotopic (exact) mass is 259 g/mol. The molecule has 0 aromatic rings. The van der Waals surface area contributed by atoms with Crippen molar-refractivity contribution in [1.82, 2.24) is 0 Å². The molecule has 1 saturated heterocycles. The van der Waals surface area contributed by atoms with Crippen LogP contribution < -0.4 is 5.73 Å². The first-order chi connectivity index (χ1) is 4.20. The van der Waals surface area contributed by atoms with E-state index in [0.717, 1.165) is 17.9 Å². The third kappa shape index (κ3) is 2.16. The van der Waals surface area contributed by atoms with Gasteiger partial charge in [-0.05, 0) is 6.42 Å². The minimum atomic E-state index is -0.578. The van der Waals surface area contributed by atoms with E-state index in [2.05, 4.69) is 22.6 Å². The van der Waals surface area contributed by atoms with E-state index < -0.39 is 10.8 Å². The van der Waals surface area contributed by atoms with Crippen LogP contribution >= 0.6 is 22.6 Å². The van der Waals surface area contributed by atoms with Crippen LogP contribution in [-0.2, 0) is 10.8 Å². The summed E-state index contributed by atoms with van der Waals surface area (Å²) in [5, 5.41) is 0. The lowest BCUT2D eigenvalue weighted by Gasteiger charge is -2.22. The van der Waals surface area contributed by atoms with E-state index in [4.69, 9.17) is 5.73 Å². The summed E-state index contributed by atoms with van der Waals surface area (Å²) >= 11 is 2.28. The molecule has 1 aliphatic rings. The Morgan fingerprint density at radius 2 is 2.33 bits per heavy atom. The standard InChI is InChI=1S/C5H10INOS/c6-4-3-9(8)2-1-5(4)7/h4-5H,1-3,7H2. The number of halogens is 1. The zero-order chi connectivity index (χ0) is 6.85. The van der Waals surface area contributed by atoms with Crippen LogP contribution in [0.25, 0.3) is 0 Å². The van der Waals surface area contributed by atoms with Crippen LogP contribution in [0.4, 0.5) is 0 Å². The Labute approximate surface area is 71.2 Å². The smallest absolute Gasteiger partial charge is 0.0376 e. The normalized spacial score (nSPS) is 44.9. The molecule has 0 aliphatic carbocycles. The molecule has 0 amide bonds. The fourth-order valence-corrected chi connectivity index (χ4v) is 3.70. The second kappa shape index (κ2) is 3.30. The maximum Gasteiger partial charge on any atom is 0.0376 e. The van der Waals surface area contributed by atoms with Crippen molar-refractivity contribution >= 4 is 33.4 Å². The largest absolute Gasteiger partial charge is 0.327 e. The third-order valence-corrected chi connectivity index (χ3v) is 4.87. The fraction of sp³-hybridized carbons (Fsp3) is 1.00. The molecule has 2 nitrogen and oxygen atoms in total. The summed E-state index contributed by atoms with van der Waals surface area (Å²) < 4.78 is 11.3. The van der Waals surface area contributed by atoms with Gasteiger partial charge in [0.1, 0.15) is 0 Å². The third-order valence-electron chi connectivity index (χ3n) is 1.49. The molecule has 0 saturated carbocycles. The Hall–Kier alpha value is 0.840. The van der Waals surface area contributed by atoms with E-state index in [1.807, 2.05) is 0 Å². The summed E-state index contributed by atoms with van der Waals surface area (Å²) in [6, 6.07) is 0.281. The van der Waals surface area contributed by atoms with Crippen LogP contribution in [0.1, 0.15) is 6.42 Å². The Balaban J connectivity index is 2.44. The molecular formula is C5H10INOS. The van der Waals surface area contributed by atoms with Crippen molar-refractivity contribution in [3.63, 3.8) is 0 Å². The predicted octanol–water partition coefficient (Wildman–Crippen LogP) is 0.270. The van der Waals surface area contributed by atoms with Gasteiger partial charge in [0.05, 0.1) is 0 Å². The molecule has 1 aliphatic heterocycles. The van der Waals surface area contributed by atoms with Crippen LogP contribution in [0.3, 0.4) is 0 Å². The summed E-state index contributed by atoms with van der Waals surface area (Å²) in [5.74, 6) is 1.60. The first-order valence-electron chi connectivity index (χ1n) is 2.95. The molecular weight excluding hydrogens is 249 g/mol. The van der Waals surface area contributed by atoms with Crippen molar-refractivity contribution in [2.45, 2.75) is 16.4 Å². The Morgan fingerprint density at radius 3 is 2.78 bits per heavy atom. The molecule has 0 aromatic heterocycles. The van der Waals surface area contributed by atoms with Gasteiger partial charge in [-0.2, -0.15) is 0 Å². The van der Waals surface area contributed by atoms with Crippen molar-refractivity contribution in [3.8, 4) is 0 Å². The molecule has 1 heterocycles. The molecule has 54 valence electrons. The molecule has 9 heavy (non-hydrogen) atoms. The maximum absolute atomic E-state index is 10.9. The molecule has 1 rings (SSSR count). The summed E-state index contributed by atoms with van der Waals surface area (Å²) in [5.41, 5.74) is 5.70. The summed E-state index contributed by atoms with van der Waals surface area (Å²) in [6.07, 6.45) is 0.931. The van der Waals surface area contributed by atoms with Crippen LogP contribution in [0.5, 0.6) is 0 Å². The van der Waals surface area contributed by atoms with E-state index in [9.17, 15) is 4.21 Å². The highest BCUT2D eigenvalue weighted by Crippen LogP contribution is 2.15. The first kappa shape index (κ1) is 7.94. The van der Waals surface area contributed by atoms with Gasteiger partial charge < -0.3 is 5.73 Å². The van der Waals surface area contributed by atoms with Gasteiger partial charge in [-0.1, -0.05) is 22.6 Å². The van der Waals surface area contributed by atoms with Crippen molar-refractivity contribution in [3.05, 3.63) is 0 Å². The van der Waals surface area contributed by atoms with Crippen molar-refractivity contribution < 1.29 is 4.21 Å². The van der Waals surface area contributed by atoms with Gasteiger partial charge in [0, 0.05) is 32.3 Å². The topological polar surface area (TPSA) is 43.1 Å². The first-order valence-corrected chi connectivity index (χ1v) is 5.68. The van der Waals surface area contributed by atoms with Gasteiger partial charge in [0.15, 0.2) is 0 Å². The van der Waals surface area contributed by atoms with E-state index in [-0.39, 0.29) is 6.04 Å². The quantitative estimate of drug-likeness (QED) is 0.501. The number of alkyl halides is 1. The molecule has 2 N–H and O–H groups in total. The van der Waals surface area contributed by atoms with E-state index in [1.165, 1.54) is 0 Å². The molecule has 0 bridgehead atoms.